The second-order valence-corrected chi connectivity index (χ2v) is 4.63. The minimum Gasteiger partial charge on any atom is -0.465 e. The van der Waals surface area contributed by atoms with Gasteiger partial charge in [0.2, 0.25) is 0 Å². The van der Waals surface area contributed by atoms with E-state index in [1.54, 1.807) is 0 Å². The van der Waals surface area contributed by atoms with Crippen molar-refractivity contribution in [1.29, 1.82) is 0 Å². The number of hydrogen-bond donors (Lipinski definition) is 0. The lowest BCUT2D eigenvalue weighted by atomic mass is 10.2. The molecule has 0 bridgehead atoms. The summed E-state index contributed by atoms with van der Waals surface area (Å²) in [6.45, 7) is 4.93. The molecule has 4 nitrogen and oxygen atoms in total. The highest BCUT2D eigenvalue weighted by Crippen LogP contribution is 2.01. The Morgan fingerprint density at radius 3 is 1.57 bits per heavy atom. The van der Waals surface area contributed by atoms with Gasteiger partial charge < -0.3 is 9.47 Å². The van der Waals surface area contributed by atoms with Crippen LogP contribution >= 0.6 is 0 Å². The fourth-order valence-electron chi connectivity index (χ4n) is 1.57. The first kappa shape index (κ1) is 19.4. The number of carbonyl (C=O) groups is 2. The number of rotatable bonds is 12. The zero-order valence-corrected chi connectivity index (χ0v) is 13.3. The van der Waals surface area contributed by atoms with Crippen LogP contribution in [0.15, 0.2) is 24.3 Å². The molecule has 0 aliphatic carbocycles. The zero-order chi connectivity index (χ0) is 15.8. The Balaban J connectivity index is 3.46. The van der Waals surface area contributed by atoms with Crippen LogP contribution in [-0.4, -0.2) is 25.2 Å². The maximum Gasteiger partial charge on any atom is 0.305 e. The lowest BCUT2D eigenvalue weighted by molar-refractivity contribution is -0.145. The lowest BCUT2D eigenvalue weighted by Crippen LogP contribution is -2.09. The van der Waals surface area contributed by atoms with Crippen molar-refractivity contribution >= 4 is 11.9 Å². The smallest absolute Gasteiger partial charge is 0.305 e. The summed E-state index contributed by atoms with van der Waals surface area (Å²) < 4.78 is 10.1. The summed E-state index contributed by atoms with van der Waals surface area (Å²) in [4.78, 5) is 22.8. The predicted octanol–water partition coefficient (Wildman–Crippen LogP) is 3.96. The first-order chi connectivity index (χ1) is 10.2. The van der Waals surface area contributed by atoms with Crippen LogP contribution in [-0.2, 0) is 19.1 Å². The van der Waals surface area contributed by atoms with Gasteiger partial charge >= 0.3 is 11.9 Å². The molecule has 0 saturated heterocycles. The first-order valence-electron chi connectivity index (χ1n) is 7.81. The number of esters is 2. The fourth-order valence-corrected chi connectivity index (χ4v) is 1.57. The van der Waals surface area contributed by atoms with E-state index in [9.17, 15) is 9.59 Å². The molecule has 0 rings (SSSR count). The van der Waals surface area contributed by atoms with Crippen LogP contribution in [0, 0.1) is 0 Å². The topological polar surface area (TPSA) is 52.6 Å². The molecule has 0 fully saturated rings. The number of hydrogen-bond acceptors (Lipinski definition) is 4. The highest BCUT2D eigenvalue weighted by atomic mass is 16.5. The van der Waals surface area contributed by atoms with E-state index in [0.29, 0.717) is 19.6 Å². The van der Waals surface area contributed by atoms with E-state index >= 15 is 0 Å². The van der Waals surface area contributed by atoms with Crippen molar-refractivity contribution in [2.45, 2.75) is 58.8 Å². The molecule has 0 unspecified atom stereocenters. The summed E-state index contributed by atoms with van der Waals surface area (Å²) in [5.41, 5.74) is 0. The van der Waals surface area contributed by atoms with E-state index < -0.39 is 0 Å². The van der Waals surface area contributed by atoms with Gasteiger partial charge in [-0.3, -0.25) is 9.59 Å². The summed E-state index contributed by atoms with van der Waals surface area (Å²) in [5, 5.41) is 0. The third-order valence-electron chi connectivity index (χ3n) is 2.66. The van der Waals surface area contributed by atoms with Gasteiger partial charge in [0.15, 0.2) is 0 Å². The maximum absolute atomic E-state index is 11.4. The SMILES string of the molecule is CC/C=C\CCOC(=O)CCCC(=O)OCC/C=C\CC. The molecule has 0 amide bonds. The molecule has 0 atom stereocenters. The molecule has 0 aliphatic heterocycles. The summed E-state index contributed by atoms with van der Waals surface area (Å²) in [6.07, 6.45) is 12.6. The van der Waals surface area contributed by atoms with Gasteiger partial charge in [0.1, 0.15) is 0 Å². The molecule has 0 N–H and O–H groups in total. The molecule has 0 spiro atoms. The average Bonchev–Trinajstić information content (AvgIpc) is 2.47. The van der Waals surface area contributed by atoms with Crippen molar-refractivity contribution in [3.8, 4) is 0 Å². The van der Waals surface area contributed by atoms with Crippen molar-refractivity contribution in [1.82, 2.24) is 0 Å². The molecule has 4 heteroatoms. The van der Waals surface area contributed by atoms with Crippen LogP contribution in [0.2, 0.25) is 0 Å². The minimum absolute atomic E-state index is 0.251. The monoisotopic (exact) mass is 296 g/mol. The Morgan fingerprint density at radius 2 is 1.19 bits per heavy atom. The van der Waals surface area contributed by atoms with E-state index in [-0.39, 0.29) is 24.8 Å². The largest absolute Gasteiger partial charge is 0.465 e. The molecule has 21 heavy (non-hydrogen) atoms. The molecule has 0 aliphatic rings. The van der Waals surface area contributed by atoms with Crippen molar-refractivity contribution in [3.63, 3.8) is 0 Å². The standard InChI is InChI=1S/C17H28O4/c1-3-5-7-9-14-20-16(18)12-11-13-17(19)21-15-10-8-6-4-2/h5-8H,3-4,9-15H2,1-2H3/b7-5-,8-6-. The summed E-state index contributed by atoms with van der Waals surface area (Å²) in [6, 6.07) is 0. The highest BCUT2D eigenvalue weighted by Gasteiger charge is 2.06. The molecule has 0 aromatic heterocycles. The van der Waals surface area contributed by atoms with Crippen molar-refractivity contribution in [3.05, 3.63) is 24.3 Å². The van der Waals surface area contributed by atoms with Gasteiger partial charge in [0.25, 0.3) is 0 Å². The molecular weight excluding hydrogens is 268 g/mol. The maximum atomic E-state index is 11.4. The normalized spacial score (nSPS) is 11.1. The van der Waals surface area contributed by atoms with Gasteiger partial charge in [-0.15, -0.1) is 0 Å². The summed E-state index contributed by atoms with van der Waals surface area (Å²) in [5.74, 6) is -0.503. The Labute approximate surface area is 128 Å². The van der Waals surface area contributed by atoms with Crippen molar-refractivity contribution in [2.75, 3.05) is 13.2 Å². The Bertz CT molecular complexity index is 300. The van der Waals surface area contributed by atoms with Crippen LogP contribution in [0.4, 0.5) is 0 Å². The lowest BCUT2D eigenvalue weighted by Gasteiger charge is -2.04. The van der Waals surface area contributed by atoms with Gasteiger partial charge in [-0.2, -0.15) is 0 Å². The third kappa shape index (κ3) is 14.6. The van der Waals surface area contributed by atoms with Gasteiger partial charge in [-0.25, -0.2) is 0 Å². The van der Waals surface area contributed by atoms with E-state index in [2.05, 4.69) is 13.8 Å². The van der Waals surface area contributed by atoms with Crippen LogP contribution < -0.4 is 0 Å². The number of ether oxygens (including phenoxy) is 2. The quantitative estimate of drug-likeness (QED) is 0.311. The van der Waals surface area contributed by atoms with Gasteiger partial charge in [0.05, 0.1) is 13.2 Å². The van der Waals surface area contributed by atoms with Gasteiger partial charge in [-0.05, 0) is 32.1 Å². The molecule has 0 radical (unpaired) electrons. The van der Waals surface area contributed by atoms with Crippen LogP contribution in [0.25, 0.3) is 0 Å². The van der Waals surface area contributed by atoms with E-state index in [1.165, 1.54) is 0 Å². The van der Waals surface area contributed by atoms with Gasteiger partial charge in [-0.1, -0.05) is 38.2 Å². The number of carbonyl (C=O) groups excluding carboxylic acids is 2. The Kier molecular flexibility index (Phi) is 13.7. The average molecular weight is 296 g/mol. The fraction of sp³-hybridized carbons (Fsp3) is 0.647. The third-order valence-corrected chi connectivity index (χ3v) is 2.66. The van der Waals surface area contributed by atoms with Crippen LogP contribution in [0.5, 0.6) is 0 Å². The van der Waals surface area contributed by atoms with E-state index in [1.807, 2.05) is 24.3 Å². The summed E-state index contributed by atoms with van der Waals surface area (Å²) >= 11 is 0. The summed E-state index contributed by atoms with van der Waals surface area (Å²) in [7, 11) is 0. The molecule has 120 valence electrons. The Morgan fingerprint density at radius 1 is 0.762 bits per heavy atom. The second-order valence-electron chi connectivity index (χ2n) is 4.63. The molecule has 0 saturated carbocycles. The second kappa shape index (κ2) is 14.8. The zero-order valence-electron chi connectivity index (χ0n) is 13.3. The Hall–Kier alpha value is -1.58. The van der Waals surface area contributed by atoms with Crippen LogP contribution in [0.1, 0.15) is 58.8 Å². The van der Waals surface area contributed by atoms with E-state index in [4.69, 9.17) is 9.47 Å². The highest BCUT2D eigenvalue weighted by molar-refractivity contribution is 5.72. The van der Waals surface area contributed by atoms with E-state index in [0.717, 1.165) is 25.7 Å². The molecule has 0 aromatic carbocycles. The predicted molar refractivity (Wildman–Crippen MR) is 83.9 cm³/mol. The minimum atomic E-state index is -0.251. The van der Waals surface area contributed by atoms with Gasteiger partial charge in [0, 0.05) is 12.8 Å². The molecule has 0 aromatic rings. The number of allylic oxidation sites excluding steroid dienone is 2. The first-order valence-corrected chi connectivity index (χ1v) is 7.81. The van der Waals surface area contributed by atoms with Crippen molar-refractivity contribution < 1.29 is 19.1 Å². The van der Waals surface area contributed by atoms with Crippen LogP contribution in [0.3, 0.4) is 0 Å². The van der Waals surface area contributed by atoms with Crippen molar-refractivity contribution in [2.24, 2.45) is 0 Å². The molecular formula is C17H28O4. The molecule has 0 heterocycles.